The Morgan fingerprint density at radius 2 is 2.12 bits per heavy atom. The number of carbonyl (C=O) groups excluding carboxylic acids is 1. The van der Waals surface area contributed by atoms with Gasteiger partial charge in [0.2, 0.25) is 0 Å². The van der Waals surface area contributed by atoms with Gasteiger partial charge in [0.05, 0.1) is 11.8 Å². The molecule has 0 saturated heterocycles. The maximum absolute atomic E-state index is 12.0. The predicted molar refractivity (Wildman–Crippen MR) is 59.8 cm³/mol. The first-order chi connectivity index (χ1) is 7.56. The molecule has 2 rings (SSSR count). The van der Waals surface area contributed by atoms with Crippen molar-refractivity contribution in [3.8, 4) is 0 Å². The summed E-state index contributed by atoms with van der Waals surface area (Å²) in [5, 5.41) is 0. The van der Waals surface area contributed by atoms with Gasteiger partial charge in [0.1, 0.15) is 0 Å². The highest BCUT2D eigenvalue weighted by atomic mass is 16.5. The van der Waals surface area contributed by atoms with Gasteiger partial charge in [0, 0.05) is 25.6 Å². The lowest BCUT2D eigenvalue weighted by atomic mass is 10.0. The van der Waals surface area contributed by atoms with E-state index in [1.807, 2.05) is 6.92 Å². The highest BCUT2D eigenvalue weighted by Crippen LogP contribution is 2.22. The molecule has 1 atom stereocenters. The van der Waals surface area contributed by atoms with Crippen LogP contribution in [0.4, 0.5) is 0 Å². The third kappa shape index (κ3) is 1.50. The third-order valence-corrected chi connectivity index (χ3v) is 3.22. The molecule has 0 spiro atoms. The lowest BCUT2D eigenvalue weighted by Crippen LogP contribution is -2.24. The first-order valence-electron chi connectivity index (χ1n) is 5.36. The van der Waals surface area contributed by atoms with Crippen LogP contribution in [0, 0.1) is 6.92 Å². The van der Waals surface area contributed by atoms with Crippen molar-refractivity contribution in [3.05, 3.63) is 33.2 Å². The monoisotopic (exact) mass is 221 g/mol. The second-order valence-electron chi connectivity index (χ2n) is 4.12. The molecular formula is C12H15NO3. The predicted octanol–water partition coefficient (Wildman–Crippen LogP) is 1.45. The van der Waals surface area contributed by atoms with Crippen LogP contribution in [-0.2, 0) is 11.3 Å². The molecule has 1 aliphatic heterocycles. The number of fused-ring (bicyclic) bond motifs is 1. The Hall–Kier alpha value is -1.42. The fourth-order valence-electron chi connectivity index (χ4n) is 2.11. The molecule has 0 bridgehead atoms. The van der Waals surface area contributed by atoms with E-state index in [1.54, 1.807) is 24.7 Å². The summed E-state index contributed by atoms with van der Waals surface area (Å²) < 4.78 is 6.77. The average molecular weight is 221 g/mol. The van der Waals surface area contributed by atoms with Crippen molar-refractivity contribution in [3.63, 3.8) is 0 Å². The lowest BCUT2D eigenvalue weighted by molar-refractivity contribution is 0.0993. The zero-order valence-corrected chi connectivity index (χ0v) is 9.74. The maximum Gasteiger partial charge on any atom is 0.254 e. The van der Waals surface area contributed by atoms with Crippen molar-refractivity contribution in [2.24, 2.45) is 0 Å². The molecule has 4 nitrogen and oxygen atoms in total. The fraction of sp³-hybridized carbons (Fsp3) is 0.500. The molecule has 1 unspecified atom stereocenters. The van der Waals surface area contributed by atoms with Crippen LogP contribution in [0.5, 0.6) is 0 Å². The van der Waals surface area contributed by atoms with Crippen molar-refractivity contribution in [2.75, 3.05) is 7.11 Å². The molecule has 2 heterocycles. The number of rotatable bonds is 2. The largest absolute Gasteiger partial charge is 0.377 e. The van der Waals surface area contributed by atoms with Crippen LogP contribution >= 0.6 is 0 Å². The van der Waals surface area contributed by atoms with E-state index >= 15 is 0 Å². The summed E-state index contributed by atoms with van der Waals surface area (Å²) in [6.45, 7) is 4.16. The van der Waals surface area contributed by atoms with Crippen molar-refractivity contribution >= 4 is 5.78 Å². The van der Waals surface area contributed by atoms with E-state index in [1.165, 1.54) is 0 Å². The number of carbonyl (C=O) groups is 1. The summed E-state index contributed by atoms with van der Waals surface area (Å²) in [5.74, 6) is 0.0432. The first kappa shape index (κ1) is 11.1. The Morgan fingerprint density at radius 1 is 1.44 bits per heavy atom. The molecule has 0 fully saturated rings. The molecule has 4 heteroatoms. The topological polar surface area (TPSA) is 48.3 Å². The van der Waals surface area contributed by atoms with Gasteiger partial charge in [0.25, 0.3) is 5.56 Å². The first-order valence-corrected chi connectivity index (χ1v) is 5.36. The zero-order valence-electron chi connectivity index (χ0n) is 9.74. The molecule has 86 valence electrons. The van der Waals surface area contributed by atoms with Crippen molar-refractivity contribution in [1.29, 1.82) is 0 Å². The Balaban J connectivity index is 2.67. The number of aromatic nitrogens is 1. The molecule has 16 heavy (non-hydrogen) atoms. The molecular weight excluding hydrogens is 206 g/mol. The number of hydrogen-bond acceptors (Lipinski definition) is 3. The second-order valence-corrected chi connectivity index (χ2v) is 4.12. The second kappa shape index (κ2) is 3.87. The molecule has 0 radical (unpaired) electrons. The Labute approximate surface area is 93.8 Å². The van der Waals surface area contributed by atoms with Gasteiger partial charge in [-0.2, -0.15) is 0 Å². The van der Waals surface area contributed by atoms with E-state index < -0.39 is 0 Å². The minimum atomic E-state index is -0.160. The van der Waals surface area contributed by atoms with Gasteiger partial charge >= 0.3 is 0 Å². The average Bonchev–Trinajstić information content (AvgIpc) is 2.64. The Morgan fingerprint density at radius 3 is 2.75 bits per heavy atom. The van der Waals surface area contributed by atoms with Gasteiger partial charge in [0.15, 0.2) is 5.78 Å². The summed E-state index contributed by atoms with van der Waals surface area (Å²) in [5.41, 5.74) is 1.94. The van der Waals surface area contributed by atoms with Crippen LogP contribution in [0.2, 0.25) is 0 Å². The van der Waals surface area contributed by atoms with Gasteiger partial charge in [-0.3, -0.25) is 9.59 Å². The molecule has 1 aromatic rings. The minimum absolute atomic E-state index is 0.0432. The molecule has 1 aliphatic rings. The number of hydrogen-bond donors (Lipinski definition) is 0. The third-order valence-electron chi connectivity index (χ3n) is 3.22. The van der Waals surface area contributed by atoms with Crippen LogP contribution in [-0.4, -0.2) is 17.5 Å². The fourth-order valence-corrected chi connectivity index (χ4v) is 2.11. The molecule has 0 N–H and O–H groups in total. The van der Waals surface area contributed by atoms with Gasteiger partial charge < -0.3 is 9.30 Å². The summed E-state index contributed by atoms with van der Waals surface area (Å²) in [7, 11) is 1.59. The Bertz CT molecular complexity index is 502. The molecule has 0 saturated carbocycles. The van der Waals surface area contributed by atoms with Crippen LogP contribution < -0.4 is 5.56 Å². The van der Waals surface area contributed by atoms with Gasteiger partial charge in [-0.25, -0.2) is 0 Å². The number of ether oxygens (including phenoxy) is 1. The van der Waals surface area contributed by atoms with Crippen LogP contribution in [0.3, 0.4) is 0 Å². The molecule has 1 aromatic heterocycles. The standard InChI is InChI=1S/C12H15NO3/c1-7-9(8(2)16-3)6-10-11(14)4-5-13(10)12(7)15/h6,8H,4-5H2,1-3H3. The smallest absolute Gasteiger partial charge is 0.254 e. The van der Waals surface area contributed by atoms with Crippen LogP contribution in [0.25, 0.3) is 0 Å². The summed E-state index contributed by atoms with van der Waals surface area (Å²) in [4.78, 5) is 23.6. The van der Waals surface area contributed by atoms with E-state index in [0.717, 1.165) is 5.56 Å². The lowest BCUT2D eigenvalue weighted by Gasteiger charge is -2.14. The number of pyridine rings is 1. The van der Waals surface area contributed by atoms with Gasteiger partial charge in [-0.1, -0.05) is 0 Å². The number of methoxy groups -OCH3 is 1. The van der Waals surface area contributed by atoms with Crippen molar-refractivity contribution in [1.82, 2.24) is 4.57 Å². The summed E-state index contributed by atoms with van der Waals surface area (Å²) in [6.07, 6.45) is 0.270. The van der Waals surface area contributed by atoms with Gasteiger partial charge in [-0.05, 0) is 25.5 Å². The molecule has 0 aliphatic carbocycles. The maximum atomic E-state index is 12.0. The van der Waals surface area contributed by atoms with E-state index in [0.29, 0.717) is 24.2 Å². The molecule has 0 amide bonds. The number of ketones is 1. The SMILES string of the molecule is COC(C)c1cc2n(c(=O)c1C)CCC2=O. The Kier molecular flexibility index (Phi) is 2.68. The zero-order chi connectivity index (χ0) is 11.9. The number of Topliss-reactive ketones (excluding diaryl/α,β-unsaturated/α-hetero) is 1. The normalized spacial score (nSPS) is 16.3. The van der Waals surface area contributed by atoms with E-state index in [-0.39, 0.29) is 17.4 Å². The highest BCUT2D eigenvalue weighted by molar-refractivity contribution is 5.96. The minimum Gasteiger partial charge on any atom is -0.377 e. The highest BCUT2D eigenvalue weighted by Gasteiger charge is 2.24. The van der Waals surface area contributed by atoms with E-state index in [9.17, 15) is 9.59 Å². The van der Waals surface area contributed by atoms with E-state index in [4.69, 9.17) is 4.74 Å². The van der Waals surface area contributed by atoms with Crippen LogP contribution in [0.1, 0.15) is 41.1 Å². The van der Waals surface area contributed by atoms with Crippen molar-refractivity contribution in [2.45, 2.75) is 32.9 Å². The molecule has 0 aromatic carbocycles. The summed E-state index contributed by atoms with van der Waals surface area (Å²) >= 11 is 0. The quantitative estimate of drug-likeness (QED) is 0.759. The van der Waals surface area contributed by atoms with Crippen molar-refractivity contribution < 1.29 is 9.53 Å². The van der Waals surface area contributed by atoms with Crippen LogP contribution in [0.15, 0.2) is 10.9 Å². The van der Waals surface area contributed by atoms with Gasteiger partial charge in [-0.15, -0.1) is 0 Å². The number of nitrogens with zero attached hydrogens (tertiary/aromatic N) is 1. The van der Waals surface area contributed by atoms with E-state index in [2.05, 4.69) is 0 Å². The summed E-state index contributed by atoms with van der Waals surface area (Å²) in [6, 6.07) is 1.79.